The topological polar surface area (TPSA) is 81.0 Å². The molecule has 0 aliphatic heterocycles. The summed E-state index contributed by atoms with van der Waals surface area (Å²) in [6.07, 6.45) is 7.16. The summed E-state index contributed by atoms with van der Waals surface area (Å²) in [5.74, 6) is 3.52. The molecule has 0 radical (unpaired) electrons. The highest BCUT2D eigenvalue weighted by Gasteiger charge is 2.48. The maximum atomic E-state index is 11.4. The molecule has 5 nitrogen and oxygen atoms in total. The van der Waals surface area contributed by atoms with Crippen LogP contribution in [0.3, 0.4) is 0 Å². The van der Waals surface area contributed by atoms with Gasteiger partial charge in [0, 0.05) is 6.07 Å². The van der Waals surface area contributed by atoms with E-state index in [0.717, 1.165) is 23.7 Å². The lowest BCUT2D eigenvalue weighted by molar-refractivity contribution is -0.132. The van der Waals surface area contributed by atoms with Crippen LogP contribution in [0.4, 0.5) is 5.95 Å². The molecule has 4 bridgehead atoms. The Balaban J connectivity index is 1.46. The van der Waals surface area contributed by atoms with Crippen molar-refractivity contribution in [2.75, 3.05) is 5.73 Å². The van der Waals surface area contributed by atoms with E-state index in [9.17, 15) is 4.79 Å². The Morgan fingerprint density at radius 1 is 1.20 bits per heavy atom. The Morgan fingerprint density at radius 2 is 1.85 bits per heavy atom. The molecule has 0 aromatic carbocycles. The summed E-state index contributed by atoms with van der Waals surface area (Å²) in [6, 6.07) is 1.48. The Hall–Kier alpha value is -1.36. The normalized spacial score (nSPS) is 38.3. The molecule has 108 valence electrons. The lowest BCUT2D eigenvalue weighted by Crippen LogP contribution is -2.49. The summed E-state index contributed by atoms with van der Waals surface area (Å²) in [5, 5.41) is 0. The van der Waals surface area contributed by atoms with E-state index in [2.05, 4.69) is 9.97 Å². The molecule has 1 aromatic heterocycles. The van der Waals surface area contributed by atoms with Crippen molar-refractivity contribution in [3.05, 3.63) is 22.1 Å². The van der Waals surface area contributed by atoms with Gasteiger partial charge in [0.1, 0.15) is 0 Å². The fourth-order valence-corrected chi connectivity index (χ4v) is 4.93. The SMILES string of the molecule is Nc1nc(COC2C3CC4CC(C3)CC2C4)cc(=O)[nH]1. The van der Waals surface area contributed by atoms with Crippen LogP contribution in [0.5, 0.6) is 0 Å². The van der Waals surface area contributed by atoms with Gasteiger partial charge in [-0.25, -0.2) is 4.98 Å². The van der Waals surface area contributed by atoms with Crippen LogP contribution in [0.25, 0.3) is 0 Å². The molecule has 3 N–H and O–H groups in total. The first-order valence-corrected chi connectivity index (χ1v) is 7.64. The summed E-state index contributed by atoms with van der Waals surface area (Å²) in [7, 11) is 0. The molecule has 4 aliphatic carbocycles. The average molecular weight is 275 g/mol. The van der Waals surface area contributed by atoms with Gasteiger partial charge in [0.15, 0.2) is 0 Å². The van der Waals surface area contributed by atoms with Crippen LogP contribution < -0.4 is 11.3 Å². The second-order valence-electron chi connectivity index (χ2n) is 6.83. The maximum absolute atomic E-state index is 11.4. The molecule has 0 unspecified atom stereocenters. The summed E-state index contributed by atoms with van der Waals surface area (Å²) in [5.41, 5.74) is 5.99. The first-order chi connectivity index (χ1) is 9.67. The quantitative estimate of drug-likeness (QED) is 0.879. The summed E-state index contributed by atoms with van der Waals surface area (Å²) in [6.45, 7) is 0.404. The Morgan fingerprint density at radius 3 is 2.45 bits per heavy atom. The van der Waals surface area contributed by atoms with Crippen molar-refractivity contribution in [3.8, 4) is 0 Å². The van der Waals surface area contributed by atoms with Crippen molar-refractivity contribution in [1.29, 1.82) is 0 Å². The second-order valence-corrected chi connectivity index (χ2v) is 6.83. The van der Waals surface area contributed by atoms with E-state index in [1.807, 2.05) is 0 Å². The monoisotopic (exact) mass is 275 g/mol. The zero-order chi connectivity index (χ0) is 13.7. The lowest BCUT2D eigenvalue weighted by Gasteiger charge is -2.53. The highest BCUT2D eigenvalue weighted by atomic mass is 16.5. The van der Waals surface area contributed by atoms with Gasteiger partial charge in [-0.05, 0) is 55.8 Å². The summed E-state index contributed by atoms with van der Waals surface area (Å²) in [4.78, 5) is 18.0. The van der Waals surface area contributed by atoms with Gasteiger partial charge in [-0.3, -0.25) is 9.78 Å². The Kier molecular flexibility index (Phi) is 2.84. The van der Waals surface area contributed by atoms with Crippen LogP contribution in [-0.4, -0.2) is 16.1 Å². The average Bonchev–Trinajstić information content (AvgIpc) is 2.35. The number of aromatic amines is 1. The van der Waals surface area contributed by atoms with Gasteiger partial charge in [-0.15, -0.1) is 0 Å². The number of H-pyrrole nitrogens is 1. The third-order valence-electron chi connectivity index (χ3n) is 5.38. The number of rotatable bonds is 3. The van der Waals surface area contributed by atoms with Crippen molar-refractivity contribution >= 4 is 5.95 Å². The molecule has 4 fully saturated rings. The molecule has 0 saturated heterocycles. The van der Waals surface area contributed by atoms with E-state index in [1.54, 1.807) is 0 Å². The van der Waals surface area contributed by atoms with Gasteiger partial charge >= 0.3 is 0 Å². The van der Waals surface area contributed by atoms with Gasteiger partial charge in [0.2, 0.25) is 5.95 Å². The van der Waals surface area contributed by atoms with Crippen molar-refractivity contribution in [2.45, 2.75) is 44.8 Å². The van der Waals surface area contributed by atoms with Gasteiger partial charge in [-0.2, -0.15) is 0 Å². The van der Waals surface area contributed by atoms with Crippen molar-refractivity contribution in [1.82, 2.24) is 9.97 Å². The number of aromatic nitrogens is 2. The number of anilines is 1. The number of nitrogen functional groups attached to an aromatic ring is 1. The van der Waals surface area contributed by atoms with Gasteiger partial charge in [0.05, 0.1) is 18.4 Å². The minimum atomic E-state index is -0.207. The predicted octanol–water partition coefficient (Wildman–Crippen LogP) is 1.69. The summed E-state index contributed by atoms with van der Waals surface area (Å²) >= 11 is 0. The zero-order valence-electron chi connectivity index (χ0n) is 11.5. The molecular formula is C15H21N3O2. The second kappa shape index (κ2) is 4.58. The van der Waals surface area contributed by atoms with Crippen LogP contribution in [-0.2, 0) is 11.3 Å². The van der Waals surface area contributed by atoms with E-state index in [4.69, 9.17) is 10.5 Å². The van der Waals surface area contributed by atoms with Crippen LogP contribution in [0.15, 0.2) is 10.9 Å². The molecule has 5 heteroatoms. The number of nitrogens with one attached hydrogen (secondary N) is 1. The molecule has 1 aromatic rings. The van der Waals surface area contributed by atoms with E-state index < -0.39 is 0 Å². The first-order valence-electron chi connectivity index (χ1n) is 7.64. The van der Waals surface area contributed by atoms with Gasteiger partial charge in [0.25, 0.3) is 5.56 Å². The Bertz CT molecular complexity index is 540. The van der Waals surface area contributed by atoms with E-state index in [0.29, 0.717) is 18.4 Å². The molecule has 0 atom stereocenters. The largest absolute Gasteiger partial charge is 0.371 e. The van der Waals surface area contributed by atoms with Crippen LogP contribution in [0, 0.1) is 23.7 Å². The van der Waals surface area contributed by atoms with E-state index in [-0.39, 0.29) is 11.5 Å². The maximum Gasteiger partial charge on any atom is 0.252 e. The van der Waals surface area contributed by atoms with Crippen LogP contribution in [0.1, 0.15) is 37.8 Å². The van der Waals surface area contributed by atoms with Gasteiger partial charge < -0.3 is 10.5 Å². The standard InChI is InChI=1S/C15H21N3O2/c16-15-17-12(6-13(19)18-15)7-20-14-10-2-8-1-9(4-10)5-11(14)3-8/h6,8-11,14H,1-5,7H2,(H3,16,17,18,19). The number of nitrogens with zero attached hydrogens (tertiary/aromatic N) is 1. The molecule has 1 heterocycles. The molecule has 4 aliphatic rings. The third-order valence-corrected chi connectivity index (χ3v) is 5.38. The number of nitrogens with two attached hydrogens (primary N) is 1. The van der Waals surface area contributed by atoms with E-state index >= 15 is 0 Å². The zero-order valence-corrected chi connectivity index (χ0v) is 11.5. The third kappa shape index (κ3) is 2.14. The molecule has 0 spiro atoms. The number of hydrogen-bond acceptors (Lipinski definition) is 4. The van der Waals surface area contributed by atoms with E-state index in [1.165, 1.54) is 38.2 Å². The molecule has 20 heavy (non-hydrogen) atoms. The molecule has 0 amide bonds. The van der Waals surface area contributed by atoms with Crippen LogP contribution >= 0.6 is 0 Å². The molecule has 5 rings (SSSR count). The minimum absolute atomic E-state index is 0.168. The first kappa shape index (κ1) is 12.4. The number of ether oxygens (including phenoxy) is 1. The van der Waals surface area contributed by atoms with Crippen molar-refractivity contribution in [3.63, 3.8) is 0 Å². The molecule has 4 saturated carbocycles. The van der Waals surface area contributed by atoms with Crippen molar-refractivity contribution in [2.24, 2.45) is 23.7 Å². The van der Waals surface area contributed by atoms with Gasteiger partial charge in [-0.1, -0.05) is 0 Å². The fourth-order valence-electron chi connectivity index (χ4n) is 4.93. The lowest BCUT2D eigenvalue weighted by atomic mass is 9.55. The summed E-state index contributed by atoms with van der Waals surface area (Å²) < 4.78 is 6.14. The molecular weight excluding hydrogens is 254 g/mol. The highest BCUT2D eigenvalue weighted by molar-refractivity contribution is 5.17. The smallest absolute Gasteiger partial charge is 0.252 e. The van der Waals surface area contributed by atoms with Crippen LogP contribution in [0.2, 0.25) is 0 Å². The predicted molar refractivity (Wildman–Crippen MR) is 74.9 cm³/mol. The van der Waals surface area contributed by atoms with Crippen molar-refractivity contribution < 1.29 is 4.74 Å². The highest BCUT2D eigenvalue weighted by Crippen LogP contribution is 2.54. The fraction of sp³-hybridized carbons (Fsp3) is 0.733. The Labute approximate surface area is 117 Å². The minimum Gasteiger partial charge on any atom is -0.371 e. The number of hydrogen-bond donors (Lipinski definition) is 2.